The molecule has 0 unspecified atom stereocenters. The summed E-state index contributed by atoms with van der Waals surface area (Å²) in [5, 5.41) is 0. The normalized spacial score (nSPS) is 9.93. The van der Waals surface area contributed by atoms with Crippen LogP contribution in [0.25, 0.3) is 6.08 Å². The van der Waals surface area contributed by atoms with Crippen LogP contribution in [0.3, 0.4) is 0 Å². The van der Waals surface area contributed by atoms with Gasteiger partial charge >= 0.3 is 0 Å². The van der Waals surface area contributed by atoms with E-state index in [0.717, 1.165) is 30.9 Å². The zero-order valence-electron chi connectivity index (χ0n) is 9.24. The highest BCUT2D eigenvalue weighted by Crippen LogP contribution is 2.12. The Morgan fingerprint density at radius 3 is 2.53 bits per heavy atom. The molecule has 15 heavy (non-hydrogen) atoms. The number of ether oxygens (including phenoxy) is 2. The molecule has 0 aromatic heterocycles. The van der Waals surface area contributed by atoms with Crippen molar-refractivity contribution in [3.63, 3.8) is 0 Å². The van der Waals surface area contributed by atoms with Gasteiger partial charge in [-0.3, -0.25) is 0 Å². The number of hydrogen-bond acceptors (Lipinski definition) is 2. The molecule has 1 aromatic rings. The van der Waals surface area contributed by atoms with E-state index in [1.165, 1.54) is 0 Å². The molecule has 0 aliphatic carbocycles. The van der Waals surface area contributed by atoms with Crippen molar-refractivity contribution in [2.45, 2.75) is 13.3 Å². The lowest BCUT2D eigenvalue weighted by atomic mass is 10.2. The molecule has 82 valence electrons. The number of rotatable bonds is 7. The van der Waals surface area contributed by atoms with Crippen LogP contribution in [0.5, 0.6) is 5.75 Å². The van der Waals surface area contributed by atoms with Crippen LogP contribution < -0.4 is 4.74 Å². The van der Waals surface area contributed by atoms with E-state index in [1.807, 2.05) is 37.3 Å². The molecule has 0 N–H and O–H groups in total. The van der Waals surface area contributed by atoms with Crippen LogP contribution in [0.15, 0.2) is 30.8 Å². The third-order valence-electron chi connectivity index (χ3n) is 2.02. The number of benzene rings is 1. The summed E-state index contributed by atoms with van der Waals surface area (Å²) in [6.45, 7) is 7.93. The summed E-state index contributed by atoms with van der Waals surface area (Å²) in [5.41, 5.74) is 1.11. The van der Waals surface area contributed by atoms with Gasteiger partial charge in [-0.2, -0.15) is 0 Å². The highest BCUT2D eigenvalue weighted by atomic mass is 16.5. The summed E-state index contributed by atoms with van der Waals surface area (Å²) in [4.78, 5) is 0. The van der Waals surface area contributed by atoms with Crippen LogP contribution in [0.1, 0.15) is 18.9 Å². The zero-order valence-corrected chi connectivity index (χ0v) is 9.24. The molecule has 2 heteroatoms. The van der Waals surface area contributed by atoms with E-state index in [1.54, 1.807) is 0 Å². The number of hydrogen-bond donors (Lipinski definition) is 0. The van der Waals surface area contributed by atoms with E-state index in [-0.39, 0.29) is 0 Å². The Hall–Kier alpha value is -1.28. The lowest BCUT2D eigenvalue weighted by Crippen LogP contribution is -2.02. The van der Waals surface area contributed by atoms with Gasteiger partial charge in [-0.25, -0.2) is 0 Å². The fourth-order valence-corrected chi connectivity index (χ4v) is 1.20. The van der Waals surface area contributed by atoms with Crippen molar-refractivity contribution in [2.24, 2.45) is 0 Å². The highest BCUT2D eigenvalue weighted by molar-refractivity contribution is 5.48. The third kappa shape index (κ3) is 4.66. The zero-order chi connectivity index (χ0) is 10.9. The molecule has 0 saturated heterocycles. The van der Waals surface area contributed by atoms with Crippen molar-refractivity contribution < 1.29 is 9.47 Å². The van der Waals surface area contributed by atoms with Crippen LogP contribution >= 0.6 is 0 Å². The molecule has 0 fully saturated rings. The Balaban J connectivity index is 2.22. The molecule has 0 amide bonds. The monoisotopic (exact) mass is 206 g/mol. The topological polar surface area (TPSA) is 18.5 Å². The molecule has 0 spiro atoms. The molecule has 0 heterocycles. The maximum atomic E-state index is 5.54. The third-order valence-corrected chi connectivity index (χ3v) is 2.02. The first-order valence-electron chi connectivity index (χ1n) is 5.30. The largest absolute Gasteiger partial charge is 0.494 e. The van der Waals surface area contributed by atoms with Gasteiger partial charge in [-0.15, -0.1) is 0 Å². The molecule has 0 radical (unpaired) electrons. The second-order valence-corrected chi connectivity index (χ2v) is 3.17. The molecular formula is C13H18O2. The van der Waals surface area contributed by atoms with E-state index >= 15 is 0 Å². The van der Waals surface area contributed by atoms with Crippen LogP contribution in [0.4, 0.5) is 0 Å². The minimum Gasteiger partial charge on any atom is -0.494 e. The summed E-state index contributed by atoms with van der Waals surface area (Å²) in [7, 11) is 0. The van der Waals surface area contributed by atoms with Crippen molar-refractivity contribution in [3.05, 3.63) is 36.4 Å². The van der Waals surface area contributed by atoms with Gasteiger partial charge in [0.25, 0.3) is 0 Å². The van der Waals surface area contributed by atoms with Crippen molar-refractivity contribution in [1.82, 2.24) is 0 Å². The van der Waals surface area contributed by atoms with E-state index in [2.05, 4.69) is 6.58 Å². The molecule has 2 nitrogen and oxygen atoms in total. The van der Waals surface area contributed by atoms with Gasteiger partial charge in [-0.05, 0) is 24.6 Å². The van der Waals surface area contributed by atoms with Crippen molar-refractivity contribution in [1.29, 1.82) is 0 Å². The highest BCUT2D eigenvalue weighted by Gasteiger charge is 1.93. The van der Waals surface area contributed by atoms with Gasteiger partial charge < -0.3 is 9.47 Å². The predicted octanol–water partition coefficient (Wildman–Crippen LogP) is 3.14. The smallest absolute Gasteiger partial charge is 0.119 e. The molecule has 0 saturated carbocycles. The Labute approximate surface area is 91.5 Å². The maximum absolute atomic E-state index is 5.54. The molecule has 1 aromatic carbocycles. The van der Waals surface area contributed by atoms with E-state index in [0.29, 0.717) is 6.61 Å². The lowest BCUT2D eigenvalue weighted by molar-refractivity contribution is 0.131. The molecule has 0 bridgehead atoms. The standard InChI is InChI=1S/C13H18O2/c1-3-12-6-8-13(9-7-12)15-11-5-10-14-4-2/h3,6-9H,1,4-5,10-11H2,2H3. The average Bonchev–Trinajstić information content (AvgIpc) is 2.30. The fourth-order valence-electron chi connectivity index (χ4n) is 1.20. The molecular weight excluding hydrogens is 188 g/mol. The first kappa shape index (κ1) is 11.8. The summed E-state index contributed by atoms with van der Waals surface area (Å²) in [6.07, 6.45) is 2.75. The minimum absolute atomic E-state index is 0.702. The average molecular weight is 206 g/mol. The Kier molecular flexibility index (Phi) is 5.56. The minimum atomic E-state index is 0.702. The van der Waals surface area contributed by atoms with Crippen molar-refractivity contribution >= 4 is 6.08 Å². The molecule has 0 aliphatic heterocycles. The fraction of sp³-hybridized carbons (Fsp3) is 0.385. The van der Waals surface area contributed by atoms with Crippen molar-refractivity contribution in [2.75, 3.05) is 19.8 Å². The van der Waals surface area contributed by atoms with Crippen LogP contribution in [0, 0.1) is 0 Å². The van der Waals surface area contributed by atoms with Crippen LogP contribution in [0.2, 0.25) is 0 Å². The van der Waals surface area contributed by atoms with Crippen LogP contribution in [-0.4, -0.2) is 19.8 Å². The second-order valence-electron chi connectivity index (χ2n) is 3.17. The van der Waals surface area contributed by atoms with Gasteiger partial charge in [-0.1, -0.05) is 24.8 Å². The first-order valence-corrected chi connectivity index (χ1v) is 5.30. The van der Waals surface area contributed by atoms with Gasteiger partial charge in [0.2, 0.25) is 0 Å². The summed E-state index contributed by atoms with van der Waals surface area (Å²) >= 11 is 0. The first-order chi connectivity index (χ1) is 7.36. The summed E-state index contributed by atoms with van der Waals surface area (Å²) < 4.78 is 10.8. The summed E-state index contributed by atoms with van der Waals surface area (Å²) in [5.74, 6) is 0.900. The maximum Gasteiger partial charge on any atom is 0.119 e. The van der Waals surface area contributed by atoms with Crippen LogP contribution in [-0.2, 0) is 4.74 Å². The lowest BCUT2D eigenvalue weighted by Gasteiger charge is -2.06. The van der Waals surface area contributed by atoms with E-state index in [9.17, 15) is 0 Å². The van der Waals surface area contributed by atoms with E-state index in [4.69, 9.17) is 9.47 Å². The molecule has 0 aliphatic rings. The van der Waals surface area contributed by atoms with Gasteiger partial charge in [0.05, 0.1) is 6.61 Å². The molecule has 0 atom stereocenters. The van der Waals surface area contributed by atoms with Gasteiger partial charge in [0, 0.05) is 19.6 Å². The molecule has 1 rings (SSSR count). The summed E-state index contributed by atoms with van der Waals surface area (Å²) in [6, 6.07) is 7.89. The van der Waals surface area contributed by atoms with Gasteiger partial charge in [0.15, 0.2) is 0 Å². The van der Waals surface area contributed by atoms with E-state index < -0.39 is 0 Å². The quantitative estimate of drug-likeness (QED) is 0.638. The predicted molar refractivity (Wildman–Crippen MR) is 63.1 cm³/mol. The Morgan fingerprint density at radius 2 is 1.93 bits per heavy atom. The van der Waals surface area contributed by atoms with Gasteiger partial charge in [0.1, 0.15) is 5.75 Å². The Bertz CT molecular complexity index is 277. The van der Waals surface area contributed by atoms with Crippen molar-refractivity contribution in [3.8, 4) is 5.75 Å². The second kappa shape index (κ2) is 7.07. The SMILES string of the molecule is C=Cc1ccc(OCCCOCC)cc1. The Morgan fingerprint density at radius 1 is 1.20 bits per heavy atom.